The van der Waals surface area contributed by atoms with E-state index >= 15 is 0 Å². The highest BCUT2D eigenvalue weighted by Crippen LogP contribution is 2.51. The molecule has 2 fully saturated rings. The predicted molar refractivity (Wildman–Crippen MR) is 150 cm³/mol. The maximum Gasteiger partial charge on any atom is 0.341 e. The molecule has 1 aliphatic carbocycles. The van der Waals surface area contributed by atoms with Gasteiger partial charge >= 0.3 is 5.97 Å². The topological polar surface area (TPSA) is 76.2 Å². The average Bonchev–Trinajstić information content (AvgIpc) is 3.58. The van der Waals surface area contributed by atoms with Crippen LogP contribution in [0.2, 0.25) is 0 Å². The molecule has 3 aromatic rings. The number of carbonyl (C=O) groups excluding carboxylic acids is 3. The van der Waals surface area contributed by atoms with E-state index in [1.54, 1.807) is 17.2 Å². The molecule has 40 heavy (non-hydrogen) atoms. The number of amides is 2. The van der Waals surface area contributed by atoms with Crippen LogP contribution in [0.5, 0.6) is 0 Å². The van der Waals surface area contributed by atoms with Crippen molar-refractivity contribution in [3.63, 3.8) is 0 Å². The largest absolute Gasteiger partial charge is 0.465 e. The predicted octanol–water partition coefficient (Wildman–Crippen LogP) is 5.88. The third kappa shape index (κ3) is 4.23. The van der Waals surface area contributed by atoms with E-state index in [4.69, 9.17) is 9.57 Å². The molecule has 3 heterocycles. The lowest BCUT2D eigenvalue weighted by Crippen LogP contribution is -2.37. The lowest BCUT2D eigenvalue weighted by molar-refractivity contribution is -0.126. The van der Waals surface area contributed by atoms with Crippen molar-refractivity contribution >= 4 is 39.8 Å². The van der Waals surface area contributed by atoms with Crippen LogP contribution in [0, 0.1) is 23.1 Å². The number of fused-ring (bicyclic) bond motifs is 2. The number of methoxy groups -OCH3 is 1. The quantitative estimate of drug-likeness (QED) is 0.292. The molecule has 0 N–H and O–H groups in total. The van der Waals surface area contributed by atoms with Gasteiger partial charge in [-0.1, -0.05) is 51.1 Å². The van der Waals surface area contributed by atoms with Gasteiger partial charge in [0.25, 0.3) is 5.91 Å². The number of rotatable bonds is 4. The number of halogens is 1. The van der Waals surface area contributed by atoms with Crippen molar-refractivity contribution in [3.05, 3.63) is 82.0 Å². The number of thiophene rings is 1. The van der Waals surface area contributed by atoms with Crippen molar-refractivity contribution in [1.29, 1.82) is 0 Å². The minimum atomic E-state index is -1.09. The van der Waals surface area contributed by atoms with E-state index in [1.807, 2.05) is 30.3 Å². The number of esters is 1. The van der Waals surface area contributed by atoms with Gasteiger partial charge in [0.15, 0.2) is 6.10 Å². The van der Waals surface area contributed by atoms with Crippen LogP contribution in [-0.4, -0.2) is 31.0 Å². The number of para-hydroxylation sites is 1. The van der Waals surface area contributed by atoms with E-state index in [1.165, 1.54) is 30.6 Å². The third-order valence-corrected chi connectivity index (χ3v) is 9.64. The number of carbonyl (C=O) groups is 3. The summed E-state index contributed by atoms with van der Waals surface area (Å²) >= 11 is 1.33. The van der Waals surface area contributed by atoms with Crippen LogP contribution in [-0.2, 0) is 32.0 Å². The molecule has 2 aliphatic heterocycles. The highest BCUT2D eigenvalue weighted by Gasteiger charge is 2.61. The number of imide groups is 1. The van der Waals surface area contributed by atoms with E-state index in [0.29, 0.717) is 34.2 Å². The zero-order chi connectivity index (χ0) is 28.3. The minimum absolute atomic E-state index is 0.0840. The Balaban J connectivity index is 1.43. The fraction of sp³-hybridized carbons (Fsp3) is 0.387. The molecule has 0 saturated carbocycles. The Labute approximate surface area is 236 Å². The van der Waals surface area contributed by atoms with Crippen molar-refractivity contribution < 1.29 is 28.3 Å². The highest BCUT2D eigenvalue weighted by molar-refractivity contribution is 7.17. The molecule has 3 aliphatic rings. The van der Waals surface area contributed by atoms with Crippen molar-refractivity contribution in [2.24, 2.45) is 17.3 Å². The molecular weight excluding hydrogens is 531 g/mol. The first-order chi connectivity index (χ1) is 19.1. The number of ether oxygens (including phenoxy) is 1. The Hall–Kier alpha value is -3.56. The third-order valence-electron chi connectivity index (χ3n) is 8.40. The molecule has 1 aromatic heterocycles. The van der Waals surface area contributed by atoms with Crippen molar-refractivity contribution in [3.8, 4) is 0 Å². The van der Waals surface area contributed by atoms with Gasteiger partial charge in [-0.3, -0.25) is 14.4 Å². The molecule has 0 radical (unpaired) electrons. The fourth-order valence-corrected chi connectivity index (χ4v) is 7.62. The van der Waals surface area contributed by atoms with Gasteiger partial charge < -0.3 is 4.74 Å². The molecule has 2 amide bonds. The number of hydrogen-bond acceptors (Lipinski definition) is 7. The molecule has 0 spiro atoms. The molecule has 2 aromatic carbocycles. The Morgan fingerprint density at radius 1 is 1.05 bits per heavy atom. The summed E-state index contributed by atoms with van der Waals surface area (Å²) in [7, 11) is 1.31. The summed E-state index contributed by atoms with van der Waals surface area (Å²) in [5.74, 6) is -2.39. The number of anilines is 2. The van der Waals surface area contributed by atoms with Crippen LogP contribution in [0.15, 0.2) is 54.6 Å². The first-order valence-electron chi connectivity index (χ1n) is 13.5. The molecule has 6 rings (SSSR count). The van der Waals surface area contributed by atoms with Crippen LogP contribution < -0.4 is 9.96 Å². The first kappa shape index (κ1) is 26.7. The standard InChI is InChI=1S/C31H31FN2O5S/c1-31(2,3)18-12-15-21-22(16-18)40-29(23(21)30(37)38-4)33-27(35)24-25(17-10-13-19(32)14-11-17)34(39-26(24)28(33)36)20-8-6-5-7-9-20/h5-11,13-14,18,24-26H,12,15-16H2,1-4H3/t18-,24+,25+,26+/m0/s1. The van der Waals surface area contributed by atoms with Crippen molar-refractivity contribution in [2.75, 3.05) is 17.1 Å². The van der Waals surface area contributed by atoms with E-state index in [9.17, 15) is 18.8 Å². The van der Waals surface area contributed by atoms with E-state index in [-0.39, 0.29) is 5.41 Å². The summed E-state index contributed by atoms with van der Waals surface area (Å²) in [6.45, 7) is 6.62. The number of benzene rings is 2. The van der Waals surface area contributed by atoms with Crippen LogP contribution in [0.1, 0.15) is 59.6 Å². The summed E-state index contributed by atoms with van der Waals surface area (Å²) in [4.78, 5) is 49.6. The zero-order valence-electron chi connectivity index (χ0n) is 22.8. The van der Waals surface area contributed by atoms with Crippen LogP contribution in [0.3, 0.4) is 0 Å². The van der Waals surface area contributed by atoms with Gasteiger partial charge in [-0.25, -0.2) is 19.1 Å². The Bertz CT molecular complexity index is 1480. The van der Waals surface area contributed by atoms with Gasteiger partial charge in [0.2, 0.25) is 5.91 Å². The van der Waals surface area contributed by atoms with E-state index in [0.717, 1.165) is 28.2 Å². The lowest BCUT2D eigenvalue weighted by Gasteiger charge is -2.33. The second-order valence-electron chi connectivity index (χ2n) is 11.7. The number of hydrogen-bond donors (Lipinski definition) is 0. The second-order valence-corrected chi connectivity index (χ2v) is 12.8. The minimum Gasteiger partial charge on any atom is -0.465 e. The van der Waals surface area contributed by atoms with Crippen molar-refractivity contribution in [2.45, 2.75) is 52.2 Å². The van der Waals surface area contributed by atoms with Crippen LogP contribution in [0.4, 0.5) is 15.1 Å². The highest BCUT2D eigenvalue weighted by atomic mass is 32.1. The lowest BCUT2D eigenvalue weighted by atomic mass is 9.72. The van der Waals surface area contributed by atoms with Gasteiger partial charge in [-0.15, -0.1) is 11.3 Å². The SMILES string of the molecule is COC(=O)c1c(N2C(=O)[C@@H]3[C@@H](c4ccc(F)cc4)N(c4ccccc4)O[C@H]3C2=O)sc2c1CC[C@H](C(C)(C)C)C2. The molecule has 0 bridgehead atoms. The smallest absolute Gasteiger partial charge is 0.341 e. The monoisotopic (exact) mass is 562 g/mol. The van der Waals surface area contributed by atoms with E-state index < -0.39 is 41.7 Å². The van der Waals surface area contributed by atoms with Crippen LogP contribution >= 0.6 is 11.3 Å². The summed E-state index contributed by atoms with van der Waals surface area (Å²) < 4.78 is 19.0. The molecule has 9 heteroatoms. The Kier molecular flexibility index (Phi) is 6.54. The summed E-state index contributed by atoms with van der Waals surface area (Å²) in [6.07, 6.45) is 1.27. The fourth-order valence-electron chi connectivity index (χ4n) is 6.19. The maximum absolute atomic E-state index is 14.2. The summed E-state index contributed by atoms with van der Waals surface area (Å²) in [5, 5.41) is 1.88. The van der Waals surface area contributed by atoms with E-state index in [2.05, 4.69) is 20.8 Å². The van der Waals surface area contributed by atoms with Crippen LogP contribution in [0.25, 0.3) is 0 Å². The van der Waals surface area contributed by atoms with Crippen molar-refractivity contribution in [1.82, 2.24) is 0 Å². The normalized spacial score (nSPS) is 24.3. The van der Waals surface area contributed by atoms with Gasteiger partial charge in [0.1, 0.15) is 16.7 Å². The molecule has 4 atom stereocenters. The first-order valence-corrected chi connectivity index (χ1v) is 14.3. The van der Waals surface area contributed by atoms with Gasteiger partial charge in [0, 0.05) is 4.88 Å². The number of hydroxylamine groups is 1. The van der Waals surface area contributed by atoms with Gasteiger partial charge in [-0.05, 0) is 66.0 Å². The average molecular weight is 563 g/mol. The molecule has 2 saturated heterocycles. The molecular formula is C31H31FN2O5S. The summed E-state index contributed by atoms with van der Waals surface area (Å²) in [5.41, 5.74) is 2.57. The van der Waals surface area contributed by atoms with Gasteiger partial charge in [-0.2, -0.15) is 0 Å². The zero-order valence-corrected chi connectivity index (χ0v) is 23.7. The molecule has 7 nitrogen and oxygen atoms in total. The number of nitrogens with zero attached hydrogens (tertiary/aromatic N) is 2. The summed E-state index contributed by atoms with van der Waals surface area (Å²) in [6, 6.07) is 14.4. The van der Waals surface area contributed by atoms with Gasteiger partial charge in [0.05, 0.1) is 24.4 Å². The molecule has 0 unspecified atom stereocenters. The Morgan fingerprint density at radius 3 is 2.40 bits per heavy atom. The Morgan fingerprint density at radius 2 is 1.75 bits per heavy atom. The second kappa shape index (κ2) is 9.82. The molecule has 208 valence electrons. The maximum atomic E-state index is 14.2.